The van der Waals surface area contributed by atoms with Crippen molar-refractivity contribution in [2.45, 2.75) is 32.1 Å². The molecule has 66 valence electrons. The van der Waals surface area contributed by atoms with Gasteiger partial charge in [0.05, 0.1) is 26.2 Å². The van der Waals surface area contributed by atoms with Gasteiger partial charge in [-0.05, 0) is 19.3 Å². The van der Waals surface area contributed by atoms with Crippen molar-refractivity contribution in [2.24, 2.45) is 0 Å². The van der Waals surface area contributed by atoms with Gasteiger partial charge in [0.25, 0.3) is 0 Å². The van der Waals surface area contributed by atoms with Gasteiger partial charge < -0.3 is 28.5 Å². The van der Waals surface area contributed by atoms with Crippen LogP contribution in [0.25, 0.3) is 0 Å². The van der Waals surface area contributed by atoms with Crippen molar-refractivity contribution < 1.29 is 28.5 Å². The van der Waals surface area contributed by atoms with Gasteiger partial charge in [0.1, 0.15) is 0 Å². The number of nitrogens with zero attached hydrogens (tertiary/aromatic N) is 1. The van der Waals surface area contributed by atoms with Gasteiger partial charge in [0.15, 0.2) is 0 Å². The second-order valence-corrected chi connectivity index (χ2v) is 4.00. The lowest BCUT2D eigenvalue weighted by atomic mass is 10.1. The van der Waals surface area contributed by atoms with Crippen molar-refractivity contribution in [3.05, 3.63) is 0 Å². The molecule has 0 aliphatic carbocycles. The lowest BCUT2D eigenvalue weighted by Gasteiger charge is -2.37. The summed E-state index contributed by atoms with van der Waals surface area (Å²) in [6, 6.07) is 0. The SMILES string of the molecule is C1CC[N+]2(CC1)CCCC2.[I-]. The summed E-state index contributed by atoms with van der Waals surface area (Å²) in [6.07, 6.45) is 7.50. The molecule has 0 radical (unpaired) electrons. The minimum atomic E-state index is 0. The average Bonchev–Trinajstić information content (AvgIpc) is 2.39. The first-order valence-electron chi connectivity index (χ1n) is 4.76. The van der Waals surface area contributed by atoms with Crippen LogP contribution in [0, 0.1) is 0 Å². The second kappa shape index (κ2) is 4.08. The highest BCUT2D eigenvalue weighted by Crippen LogP contribution is 2.25. The van der Waals surface area contributed by atoms with E-state index in [1.165, 1.54) is 62.8 Å². The predicted molar refractivity (Wildman–Crippen MR) is 42.8 cm³/mol. The second-order valence-electron chi connectivity index (χ2n) is 4.00. The maximum atomic E-state index is 1.50. The highest BCUT2D eigenvalue weighted by atomic mass is 127. The maximum absolute atomic E-state index is 1.50. The summed E-state index contributed by atoms with van der Waals surface area (Å²) < 4.78 is 1.50. The zero-order valence-corrected chi connectivity index (χ0v) is 9.35. The average molecular weight is 267 g/mol. The Balaban J connectivity index is 0.000000605. The summed E-state index contributed by atoms with van der Waals surface area (Å²) in [7, 11) is 0. The molecule has 0 atom stereocenters. The van der Waals surface area contributed by atoms with E-state index in [0.29, 0.717) is 0 Å². The van der Waals surface area contributed by atoms with Crippen LogP contribution >= 0.6 is 0 Å². The van der Waals surface area contributed by atoms with Crippen LogP contribution in [0.15, 0.2) is 0 Å². The Morgan fingerprint density at radius 1 is 0.545 bits per heavy atom. The molecule has 2 rings (SSSR count). The highest BCUT2D eigenvalue weighted by Gasteiger charge is 2.32. The first-order valence-corrected chi connectivity index (χ1v) is 4.76. The Hall–Kier alpha value is 0.690. The molecule has 11 heavy (non-hydrogen) atoms. The van der Waals surface area contributed by atoms with E-state index in [4.69, 9.17) is 0 Å². The first-order chi connectivity index (χ1) is 4.91. The molecular weight excluding hydrogens is 249 g/mol. The molecule has 2 heterocycles. The molecule has 2 saturated heterocycles. The van der Waals surface area contributed by atoms with Crippen LogP contribution < -0.4 is 24.0 Å². The molecule has 0 aromatic rings. The topological polar surface area (TPSA) is 0 Å². The number of quaternary nitrogens is 1. The summed E-state index contributed by atoms with van der Waals surface area (Å²) >= 11 is 0. The number of piperidine rings is 1. The monoisotopic (exact) mass is 267 g/mol. The third-order valence-corrected chi connectivity index (χ3v) is 3.28. The fourth-order valence-electron chi connectivity index (χ4n) is 2.64. The molecule has 2 fully saturated rings. The van der Waals surface area contributed by atoms with Crippen molar-refractivity contribution in [1.29, 1.82) is 0 Å². The van der Waals surface area contributed by atoms with Crippen LogP contribution in [0.4, 0.5) is 0 Å². The highest BCUT2D eigenvalue weighted by molar-refractivity contribution is 4.59. The van der Waals surface area contributed by atoms with Crippen molar-refractivity contribution in [3.8, 4) is 0 Å². The van der Waals surface area contributed by atoms with E-state index in [0.717, 1.165) is 0 Å². The first kappa shape index (κ1) is 9.78. The van der Waals surface area contributed by atoms with Crippen LogP contribution in [0.3, 0.4) is 0 Å². The molecular formula is C9H18IN. The van der Waals surface area contributed by atoms with E-state index in [9.17, 15) is 0 Å². The van der Waals surface area contributed by atoms with Crippen molar-refractivity contribution in [2.75, 3.05) is 26.2 Å². The number of hydrogen-bond donors (Lipinski definition) is 0. The molecule has 0 saturated carbocycles. The Morgan fingerprint density at radius 2 is 0.909 bits per heavy atom. The maximum Gasteiger partial charge on any atom is 0.0788 e. The molecule has 0 aromatic carbocycles. The molecule has 0 bridgehead atoms. The summed E-state index contributed by atoms with van der Waals surface area (Å²) in [5, 5.41) is 0. The largest absolute Gasteiger partial charge is 1.00 e. The number of halogens is 1. The van der Waals surface area contributed by atoms with E-state index in [1.807, 2.05) is 0 Å². The van der Waals surface area contributed by atoms with Crippen LogP contribution in [-0.2, 0) is 0 Å². The summed E-state index contributed by atoms with van der Waals surface area (Å²) in [4.78, 5) is 0. The van der Waals surface area contributed by atoms with Gasteiger partial charge in [0.2, 0.25) is 0 Å². The van der Waals surface area contributed by atoms with E-state index in [2.05, 4.69) is 0 Å². The third-order valence-electron chi connectivity index (χ3n) is 3.28. The fourth-order valence-corrected chi connectivity index (χ4v) is 2.64. The molecule has 1 nitrogen and oxygen atoms in total. The number of rotatable bonds is 0. The van der Waals surface area contributed by atoms with Crippen LogP contribution in [0.2, 0.25) is 0 Å². The number of hydrogen-bond acceptors (Lipinski definition) is 0. The summed E-state index contributed by atoms with van der Waals surface area (Å²) in [5.41, 5.74) is 0. The summed E-state index contributed by atoms with van der Waals surface area (Å²) in [5.74, 6) is 0. The fraction of sp³-hybridized carbons (Fsp3) is 1.00. The third kappa shape index (κ3) is 2.08. The molecule has 0 amide bonds. The van der Waals surface area contributed by atoms with Crippen molar-refractivity contribution in [1.82, 2.24) is 0 Å². The van der Waals surface area contributed by atoms with Gasteiger partial charge in [0, 0.05) is 12.8 Å². The van der Waals surface area contributed by atoms with Crippen LogP contribution in [0.1, 0.15) is 32.1 Å². The molecule has 0 aromatic heterocycles. The van der Waals surface area contributed by atoms with Gasteiger partial charge in [-0.15, -0.1) is 0 Å². The molecule has 0 N–H and O–H groups in total. The molecule has 2 aliphatic rings. The van der Waals surface area contributed by atoms with Gasteiger partial charge >= 0.3 is 0 Å². The van der Waals surface area contributed by atoms with Crippen LogP contribution in [0.5, 0.6) is 0 Å². The smallest absolute Gasteiger partial charge is 0.0788 e. The lowest BCUT2D eigenvalue weighted by Crippen LogP contribution is -3.00. The lowest BCUT2D eigenvalue weighted by molar-refractivity contribution is -0.921. The molecule has 2 aliphatic heterocycles. The zero-order valence-electron chi connectivity index (χ0n) is 7.19. The Kier molecular flexibility index (Phi) is 3.62. The Morgan fingerprint density at radius 3 is 1.36 bits per heavy atom. The molecule has 2 heteroatoms. The predicted octanol–water partition coefficient (Wildman–Crippen LogP) is -1.22. The van der Waals surface area contributed by atoms with E-state index < -0.39 is 0 Å². The van der Waals surface area contributed by atoms with Crippen molar-refractivity contribution >= 4 is 0 Å². The minimum absolute atomic E-state index is 0. The van der Waals surface area contributed by atoms with E-state index in [-0.39, 0.29) is 24.0 Å². The Bertz CT molecular complexity index is 111. The Labute approximate surface area is 86.8 Å². The zero-order chi connectivity index (χ0) is 6.86. The molecule has 0 unspecified atom stereocenters. The van der Waals surface area contributed by atoms with E-state index >= 15 is 0 Å². The van der Waals surface area contributed by atoms with Gasteiger partial charge in [-0.1, -0.05) is 0 Å². The minimum Gasteiger partial charge on any atom is -1.00 e. The normalized spacial score (nSPS) is 28.4. The van der Waals surface area contributed by atoms with Crippen molar-refractivity contribution in [3.63, 3.8) is 0 Å². The van der Waals surface area contributed by atoms with Crippen LogP contribution in [-0.4, -0.2) is 30.7 Å². The molecule has 1 spiro atoms. The van der Waals surface area contributed by atoms with Gasteiger partial charge in [-0.2, -0.15) is 0 Å². The summed E-state index contributed by atoms with van der Waals surface area (Å²) in [6.45, 7) is 6.00. The van der Waals surface area contributed by atoms with Gasteiger partial charge in [-0.3, -0.25) is 0 Å². The van der Waals surface area contributed by atoms with E-state index in [1.54, 1.807) is 0 Å². The standard InChI is InChI=1S/C9H18N.HI/c1-2-6-10(7-3-1)8-4-5-9-10;/h1-9H2;1H/q+1;/p-1. The van der Waals surface area contributed by atoms with Gasteiger partial charge in [-0.25, -0.2) is 0 Å². The quantitative estimate of drug-likeness (QED) is 0.381.